The number of rotatable bonds is 12. The van der Waals surface area contributed by atoms with Crippen LogP contribution >= 0.6 is 11.6 Å². The maximum Gasteiger partial charge on any atom is 0.303 e. The number of carbonyl (C=O) groups is 2. The molecule has 1 N–H and O–H groups in total. The average molecular weight is 454 g/mol. The molecule has 1 atom stereocenters. The number of Topliss-reactive ketones (excluding diaryl/α,β-unsaturated/α-hetero) is 1. The molecule has 0 spiro atoms. The molecule has 1 heterocycles. The Morgan fingerprint density at radius 3 is 2.34 bits per heavy atom. The van der Waals surface area contributed by atoms with Gasteiger partial charge in [0.1, 0.15) is 0 Å². The summed E-state index contributed by atoms with van der Waals surface area (Å²) < 4.78 is 2.10. The Hall–Kier alpha value is -2.59. The molecule has 1 aromatic heterocycles. The quantitative estimate of drug-likeness (QED) is 0.240. The van der Waals surface area contributed by atoms with Gasteiger partial charge in [0, 0.05) is 47.1 Å². The number of hydrogen-bond acceptors (Lipinski definition) is 2. The van der Waals surface area contributed by atoms with Crippen LogP contribution in [0.4, 0.5) is 0 Å². The van der Waals surface area contributed by atoms with E-state index in [2.05, 4.69) is 28.8 Å². The van der Waals surface area contributed by atoms with E-state index in [1.54, 1.807) is 0 Å². The molecule has 0 bridgehead atoms. The van der Waals surface area contributed by atoms with Crippen LogP contribution in [0.2, 0.25) is 5.02 Å². The second kappa shape index (κ2) is 11.3. The molecule has 3 aromatic rings. The minimum atomic E-state index is -0.873. The fourth-order valence-electron chi connectivity index (χ4n) is 4.48. The molecule has 170 valence electrons. The van der Waals surface area contributed by atoms with Crippen molar-refractivity contribution in [2.75, 3.05) is 0 Å². The third-order valence-corrected chi connectivity index (χ3v) is 6.33. The molecule has 0 aliphatic carbocycles. The average Bonchev–Trinajstić information content (AvgIpc) is 3.01. The van der Waals surface area contributed by atoms with Crippen molar-refractivity contribution in [2.24, 2.45) is 13.0 Å². The molecular weight excluding hydrogens is 422 g/mol. The first-order valence-electron chi connectivity index (χ1n) is 11.4. The summed E-state index contributed by atoms with van der Waals surface area (Å²) in [7, 11) is 2.00. The topological polar surface area (TPSA) is 59.3 Å². The lowest BCUT2D eigenvalue weighted by atomic mass is 9.94. The number of nitrogens with zero attached hydrogens (tertiary/aromatic N) is 1. The SMILES string of the molecule is C[C@@H](CC(=O)O)CC(=O)c1c(CCCCCCc2ccccc2)n(C)c2ccc(Cl)cc12. The van der Waals surface area contributed by atoms with Crippen molar-refractivity contribution >= 4 is 34.3 Å². The standard InChI is InChI=1S/C27H32ClNO3/c1-19(17-26(31)32)16-25(30)27-22-18-21(28)14-15-23(22)29(2)24(27)13-9-4-3-6-10-20-11-7-5-8-12-20/h5,7-8,11-12,14-15,18-19H,3-4,6,9-10,13,16-17H2,1-2H3,(H,31,32)/t19-/m1/s1. The molecular formula is C27H32ClNO3. The van der Waals surface area contributed by atoms with Crippen molar-refractivity contribution in [2.45, 2.75) is 58.3 Å². The number of unbranched alkanes of at least 4 members (excludes halogenated alkanes) is 3. The maximum absolute atomic E-state index is 13.2. The number of fused-ring (bicyclic) bond motifs is 1. The van der Waals surface area contributed by atoms with E-state index >= 15 is 0 Å². The molecule has 0 saturated carbocycles. The molecule has 0 radical (unpaired) electrons. The minimum Gasteiger partial charge on any atom is -0.481 e. The smallest absolute Gasteiger partial charge is 0.303 e. The van der Waals surface area contributed by atoms with Crippen LogP contribution in [0.1, 0.15) is 67.1 Å². The van der Waals surface area contributed by atoms with Gasteiger partial charge in [0.2, 0.25) is 0 Å². The van der Waals surface area contributed by atoms with Crippen molar-refractivity contribution in [3.8, 4) is 0 Å². The van der Waals surface area contributed by atoms with Crippen molar-refractivity contribution in [3.05, 3.63) is 70.4 Å². The lowest BCUT2D eigenvalue weighted by molar-refractivity contribution is -0.137. The number of hydrogen-bond donors (Lipinski definition) is 1. The van der Waals surface area contributed by atoms with Gasteiger partial charge >= 0.3 is 5.97 Å². The van der Waals surface area contributed by atoms with E-state index in [1.165, 1.54) is 5.56 Å². The van der Waals surface area contributed by atoms with Gasteiger partial charge in [-0.25, -0.2) is 0 Å². The van der Waals surface area contributed by atoms with Crippen LogP contribution in [-0.2, 0) is 24.7 Å². The Kier molecular flexibility index (Phi) is 8.52. The van der Waals surface area contributed by atoms with Crippen LogP contribution in [0.3, 0.4) is 0 Å². The molecule has 0 fully saturated rings. The lowest BCUT2D eigenvalue weighted by Gasteiger charge is -2.11. The summed E-state index contributed by atoms with van der Waals surface area (Å²) >= 11 is 6.25. The minimum absolute atomic E-state index is 0.00527. The van der Waals surface area contributed by atoms with E-state index in [9.17, 15) is 9.59 Å². The Labute approximate surface area is 195 Å². The van der Waals surface area contributed by atoms with E-state index in [0.29, 0.717) is 10.6 Å². The number of benzene rings is 2. The first kappa shape index (κ1) is 24.1. The third-order valence-electron chi connectivity index (χ3n) is 6.09. The number of carboxylic acid groups (broad SMARTS) is 1. The van der Waals surface area contributed by atoms with Crippen LogP contribution in [-0.4, -0.2) is 21.4 Å². The summed E-state index contributed by atoms with van der Waals surface area (Å²) in [5.74, 6) is -1.08. The highest BCUT2D eigenvalue weighted by molar-refractivity contribution is 6.31. The molecule has 0 unspecified atom stereocenters. The van der Waals surface area contributed by atoms with Gasteiger partial charge in [0.05, 0.1) is 0 Å². The number of ketones is 1. The van der Waals surface area contributed by atoms with Gasteiger partial charge < -0.3 is 9.67 Å². The fourth-order valence-corrected chi connectivity index (χ4v) is 4.65. The summed E-state index contributed by atoms with van der Waals surface area (Å²) in [5.41, 5.74) is 4.11. The van der Waals surface area contributed by atoms with Crippen LogP contribution in [0.5, 0.6) is 0 Å². The number of carboxylic acids is 1. The largest absolute Gasteiger partial charge is 0.481 e. The predicted molar refractivity (Wildman–Crippen MR) is 131 cm³/mol. The highest BCUT2D eigenvalue weighted by Crippen LogP contribution is 2.31. The first-order valence-corrected chi connectivity index (χ1v) is 11.8. The number of aliphatic carboxylic acids is 1. The monoisotopic (exact) mass is 453 g/mol. The Balaban J connectivity index is 1.69. The van der Waals surface area contributed by atoms with E-state index in [-0.39, 0.29) is 24.5 Å². The van der Waals surface area contributed by atoms with Crippen LogP contribution in [0.25, 0.3) is 10.9 Å². The van der Waals surface area contributed by atoms with E-state index in [0.717, 1.165) is 55.1 Å². The molecule has 2 aromatic carbocycles. The van der Waals surface area contributed by atoms with Gasteiger partial charge in [-0.3, -0.25) is 9.59 Å². The number of aryl methyl sites for hydroxylation is 2. The Bertz CT molecular complexity index is 1070. The van der Waals surface area contributed by atoms with Gasteiger partial charge in [0.15, 0.2) is 5.78 Å². The van der Waals surface area contributed by atoms with E-state index in [1.807, 2.05) is 38.2 Å². The summed E-state index contributed by atoms with van der Waals surface area (Å²) in [6.07, 6.45) is 6.57. The zero-order chi connectivity index (χ0) is 23.1. The number of aromatic nitrogens is 1. The summed E-state index contributed by atoms with van der Waals surface area (Å²) in [5, 5.41) is 10.5. The van der Waals surface area contributed by atoms with E-state index in [4.69, 9.17) is 16.7 Å². The lowest BCUT2D eigenvalue weighted by Crippen LogP contribution is -2.12. The molecule has 0 amide bonds. The summed E-state index contributed by atoms with van der Waals surface area (Å²) in [6, 6.07) is 16.2. The van der Waals surface area contributed by atoms with Gasteiger partial charge in [-0.2, -0.15) is 0 Å². The zero-order valence-corrected chi connectivity index (χ0v) is 19.7. The highest BCUT2D eigenvalue weighted by Gasteiger charge is 2.23. The van der Waals surface area contributed by atoms with Crippen molar-refractivity contribution in [1.82, 2.24) is 4.57 Å². The number of halogens is 1. The van der Waals surface area contributed by atoms with Crippen molar-refractivity contribution in [1.29, 1.82) is 0 Å². The highest BCUT2D eigenvalue weighted by atomic mass is 35.5. The third kappa shape index (κ3) is 6.23. The van der Waals surface area contributed by atoms with E-state index < -0.39 is 5.97 Å². The zero-order valence-electron chi connectivity index (χ0n) is 18.9. The van der Waals surface area contributed by atoms with Gasteiger partial charge in [-0.1, -0.05) is 61.7 Å². The molecule has 32 heavy (non-hydrogen) atoms. The Morgan fingerprint density at radius 2 is 1.66 bits per heavy atom. The van der Waals surface area contributed by atoms with Gasteiger partial charge in [-0.15, -0.1) is 0 Å². The van der Waals surface area contributed by atoms with Crippen molar-refractivity contribution < 1.29 is 14.7 Å². The maximum atomic E-state index is 13.2. The first-order chi connectivity index (χ1) is 15.4. The molecule has 0 saturated heterocycles. The molecule has 3 rings (SSSR count). The van der Waals surface area contributed by atoms with Crippen LogP contribution < -0.4 is 0 Å². The van der Waals surface area contributed by atoms with Gasteiger partial charge in [-0.05, 0) is 55.4 Å². The second-order valence-corrected chi connectivity index (χ2v) is 9.21. The number of carbonyl (C=O) groups excluding carboxylic acids is 1. The van der Waals surface area contributed by atoms with Crippen LogP contribution in [0.15, 0.2) is 48.5 Å². The van der Waals surface area contributed by atoms with Crippen LogP contribution in [0, 0.1) is 5.92 Å². The molecule has 0 aliphatic heterocycles. The molecule has 5 heteroatoms. The fraction of sp³-hybridized carbons (Fsp3) is 0.407. The molecule has 0 aliphatic rings. The normalized spacial score (nSPS) is 12.2. The van der Waals surface area contributed by atoms with Gasteiger partial charge in [0.25, 0.3) is 0 Å². The Morgan fingerprint density at radius 1 is 0.969 bits per heavy atom. The second-order valence-electron chi connectivity index (χ2n) is 8.77. The van der Waals surface area contributed by atoms with Crippen molar-refractivity contribution in [3.63, 3.8) is 0 Å². The summed E-state index contributed by atoms with van der Waals surface area (Å²) in [4.78, 5) is 24.3. The summed E-state index contributed by atoms with van der Waals surface area (Å²) in [6.45, 7) is 1.82. The predicted octanol–water partition coefficient (Wildman–Crippen LogP) is 6.86. The molecule has 4 nitrogen and oxygen atoms in total.